The van der Waals surface area contributed by atoms with Gasteiger partial charge < -0.3 is 11.1 Å². The fourth-order valence-electron chi connectivity index (χ4n) is 2.32. The van der Waals surface area contributed by atoms with Crippen LogP contribution in [0.3, 0.4) is 0 Å². The predicted molar refractivity (Wildman–Crippen MR) is 70.4 cm³/mol. The van der Waals surface area contributed by atoms with Crippen molar-refractivity contribution in [3.05, 3.63) is 29.8 Å². The van der Waals surface area contributed by atoms with Crippen molar-refractivity contribution in [3.8, 4) is 0 Å². The molecule has 96 valence electrons. The normalized spacial score (nSPS) is 15.6. The van der Waals surface area contributed by atoms with Crippen LogP contribution in [-0.4, -0.2) is 18.2 Å². The van der Waals surface area contributed by atoms with Gasteiger partial charge in [0.25, 0.3) is 0 Å². The number of carbonyl (C=O) groups excluding carboxylic acids is 2. The molecule has 0 radical (unpaired) electrons. The Labute approximate surface area is 107 Å². The van der Waals surface area contributed by atoms with Gasteiger partial charge in [-0.1, -0.05) is 25.0 Å². The fraction of sp³-hybridized carbons (Fsp3) is 0.429. The molecule has 3 N–H and O–H groups in total. The van der Waals surface area contributed by atoms with Gasteiger partial charge in [-0.25, -0.2) is 0 Å². The van der Waals surface area contributed by atoms with Crippen molar-refractivity contribution in [1.82, 2.24) is 0 Å². The van der Waals surface area contributed by atoms with E-state index >= 15 is 0 Å². The van der Waals surface area contributed by atoms with Crippen LogP contribution >= 0.6 is 0 Å². The molecule has 0 atom stereocenters. The van der Waals surface area contributed by atoms with E-state index in [4.69, 9.17) is 5.73 Å². The quantitative estimate of drug-likeness (QED) is 0.798. The van der Waals surface area contributed by atoms with E-state index in [2.05, 4.69) is 5.32 Å². The summed E-state index contributed by atoms with van der Waals surface area (Å²) in [6.07, 6.45) is 4.19. The summed E-state index contributed by atoms with van der Waals surface area (Å²) in [6, 6.07) is 6.94. The maximum Gasteiger partial charge on any atom is 0.227 e. The molecule has 1 fully saturated rings. The Morgan fingerprint density at radius 2 is 2.00 bits per heavy atom. The molecule has 1 aliphatic rings. The van der Waals surface area contributed by atoms with Gasteiger partial charge in [-0.2, -0.15) is 0 Å². The van der Waals surface area contributed by atoms with Crippen LogP contribution in [-0.2, 0) is 4.79 Å². The maximum absolute atomic E-state index is 11.9. The predicted octanol–water partition coefficient (Wildman–Crippen LogP) is 1.96. The Bertz CT molecular complexity index is 451. The van der Waals surface area contributed by atoms with Gasteiger partial charge in [0, 0.05) is 17.2 Å². The van der Waals surface area contributed by atoms with Crippen molar-refractivity contribution in [2.75, 3.05) is 11.9 Å². The molecule has 2 rings (SSSR count). The number of nitrogens with two attached hydrogens (primary N) is 1. The molecule has 0 aliphatic heterocycles. The van der Waals surface area contributed by atoms with Gasteiger partial charge in [-0.3, -0.25) is 9.59 Å². The average molecular weight is 246 g/mol. The van der Waals surface area contributed by atoms with Crippen LogP contribution in [0.15, 0.2) is 24.3 Å². The Kier molecular flexibility index (Phi) is 4.10. The van der Waals surface area contributed by atoms with Gasteiger partial charge in [0.1, 0.15) is 0 Å². The molecule has 0 heterocycles. The minimum Gasteiger partial charge on any atom is -0.326 e. The summed E-state index contributed by atoms with van der Waals surface area (Å²) in [6.45, 7) is -0.0139. The Hall–Kier alpha value is -1.68. The first-order valence-corrected chi connectivity index (χ1v) is 6.35. The first-order chi connectivity index (χ1) is 8.70. The van der Waals surface area contributed by atoms with E-state index in [1.165, 1.54) is 0 Å². The lowest BCUT2D eigenvalue weighted by atomic mass is 10.1. The number of hydrogen-bond acceptors (Lipinski definition) is 3. The average Bonchev–Trinajstić information content (AvgIpc) is 2.92. The van der Waals surface area contributed by atoms with E-state index < -0.39 is 0 Å². The monoisotopic (exact) mass is 246 g/mol. The summed E-state index contributed by atoms with van der Waals surface area (Å²) in [5.74, 6) is 0.0654. The van der Waals surface area contributed by atoms with Gasteiger partial charge in [0.05, 0.1) is 6.54 Å². The van der Waals surface area contributed by atoms with Crippen LogP contribution in [0.25, 0.3) is 0 Å². The lowest BCUT2D eigenvalue weighted by Crippen LogP contribution is -2.20. The van der Waals surface area contributed by atoms with Crippen LogP contribution in [0.2, 0.25) is 0 Å². The van der Waals surface area contributed by atoms with Crippen molar-refractivity contribution in [2.24, 2.45) is 11.7 Å². The highest BCUT2D eigenvalue weighted by atomic mass is 16.2. The summed E-state index contributed by atoms with van der Waals surface area (Å²) < 4.78 is 0. The second-order valence-electron chi connectivity index (χ2n) is 4.68. The van der Waals surface area contributed by atoms with Gasteiger partial charge in [0.2, 0.25) is 5.91 Å². The summed E-state index contributed by atoms with van der Waals surface area (Å²) in [7, 11) is 0. The molecule has 4 nitrogen and oxygen atoms in total. The molecular formula is C14H18N2O2. The van der Waals surface area contributed by atoms with E-state index in [0.717, 1.165) is 25.7 Å². The standard InChI is InChI=1S/C14H18N2O2/c15-9-13(17)11-6-3-7-12(8-11)16-14(18)10-4-1-2-5-10/h3,6-8,10H,1-2,4-5,9,15H2,(H,16,18). The molecular weight excluding hydrogens is 228 g/mol. The number of nitrogens with one attached hydrogen (secondary N) is 1. The number of hydrogen-bond donors (Lipinski definition) is 2. The van der Waals surface area contributed by atoms with E-state index in [1.807, 2.05) is 0 Å². The van der Waals surface area contributed by atoms with Crippen molar-refractivity contribution >= 4 is 17.4 Å². The highest BCUT2D eigenvalue weighted by molar-refractivity contribution is 5.99. The highest BCUT2D eigenvalue weighted by Gasteiger charge is 2.22. The second kappa shape index (κ2) is 5.78. The lowest BCUT2D eigenvalue weighted by molar-refractivity contribution is -0.119. The number of benzene rings is 1. The number of rotatable bonds is 4. The Morgan fingerprint density at radius 3 is 2.67 bits per heavy atom. The minimum absolute atomic E-state index is 0.0139. The number of Topliss-reactive ketones (excluding diaryl/α,β-unsaturated/α-hetero) is 1. The number of amides is 1. The molecule has 1 aromatic carbocycles. The summed E-state index contributed by atoms with van der Waals surface area (Å²) >= 11 is 0. The summed E-state index contributed by atoms with van der Waals surface area (Å²) in [5, 5.41) is 2.87. The van der Waals surface area contributed by atoms with Crippen LogP contribution in [0.1, 0.15) is 36.0 Å². The lowest BCUT2D eigenvalue weighted by Gasteiger charge is -2.11. The molecule has 0 unspecified atom stereocenters. The SMILES string of the molecule is NCC(=O)c1cccc(NC(=O)C2CCCC2)c1. The van der Waals surface area contributed by atoms with Crippen molar-refractivity contribution in [1.29, 1.82) is 0 Å². The third-order valence-corrected chi connectivity index (χ3v) is 3.36. The number of carbonyl (C=O) groups is 2. The van der Waals surface area contributed by atoms with E-state index in [9.17, 15) is 9.59 Å². The van der Waals surface area contributed by atoms with E-state index in [0.29, 0.717) is 11.3 Å². The maximum atomic E-state index is 11.9. The molecule has 4 heteroatoms. The topological polar surface area (TPSA) is 72.2 Å². The van der Waals surface area contributed by atoms with Crippen molar-refractivity contribution in [3.63, 3.8) is 0 Å². The van der Waals surface area contributed by atoms with E-state index in [-0.39, 0.29) is 24.2 Å². The number of ketones is 1. The second-order valence-corrected chi connectivity index (χ2v) is 4.68. The largest absolute Gasteiger partial charge is 0.326 e. The molecule has 0 saturated heterocycles. The highest BCUT2D eigenvalue weighted by Crippen LogP contribution is 2.26. The van der Waals surface area contributed by atoms with Crippen molar-refractivity contribution in [2.45, 2.75) is 25.7 Å². The first-order valence-electron chi connectivity index (χ1n) is 6.35. The Balaban J connectivity index is 2.04. The molecule has 1 amide bonds. The molecule has 0 bridgehead atoms. The molecule has 18 heavy (non-hydrogen) atoms. The summed E-state index contributed by atoms with van der Waals surface area (Å²) in [5.41, 5.74) is 6.53. The molecule has 0 aromatic heterocycles. The van der Waals surface area contributed by atoms with Crippen LogP contribution in [0, 0.1) is 5.92 Å². The summed E-state index contributed by atoms with van der Waals surface area (Å²) in [4.78, 5) is 23.4. The number of anilines is 1. The van der Waals surface area contributed by atoms with Gasteiger partial charge in [-0.05, 0) is 25.0 Å². The van der Waals surface area contributed by atoms with Gasteiger partial charge in [0.15, 0.2) is 5.78 Å². The van der Waals surface area contributed by atoms with E-state index in [1.54, 1.807) is 24.3 Å². The molecule has 1 aromatic rings. The zero-order valence-corrected chi connectivity index (χ0v) is 10.3. The third kappa shape index (κ3) is 2.96. The molecule has 0 spiro atoms. The molecule has 1 aliphatic carbocycles. The Morgan fingerprint density at radius 1 is 1.28 bits per heavy atom. The van der Waals surface area contributed by atoms with Gasteiger partial charge in [-0.15, -0.1) is 0 Å². The fourth-order valence-corrected chi connectivity index (χ4v) is 2.32. The zero-order valence-electron chi connectivity index (χ0n) is 10.3. The van der Waals surface area contributed by atoms with Gasteiger partial charge >= 0.3 is 0 Å². The minimum atomic E-state index is -0.119. The molecule has 1 saturated carbocycles. The van der Waals surface area contributed by atoms with Crippen LogP contribution in [0.4, 0.5) is 5.69 Å². The van der Waals surface area contributed by atoms with Crippen LogP contribution in [0.5, 0.6) is 0 Å². The van der Waals surface area contributed by atoms with Crippen molar-refractivity contribution < 1.29 is 9.59 Å². The zero-order chi connectivity index (χ0) is 13.0. The third-order valence-electron chi connectivity index (χ3n) is 3.36. The smallest absolute Gasteiger partial charge is 0.227 e. The van der Waals surface area contributed by atoms with Crippen LogP contribution < -0.4 is 11.1 Å². The first kappa shape index (κ1) is 12.8.